The molecule has 104 valence electrons. The van der Waals surface area contributed by atoms with Gasteiger partial charge in [0.1, 0.15) is 12.4 Å². The van der Waals surface area contributed by atoms with Gasteiger partial charge < -0.3 is 15.2 Å². The molecule has 0 radical (unpaired) electrons. The third-order valence-electron chi connectivity index (χ3n) is 3.59. The van der Waals surface area contributed by atoms with E-state index >= 15 is 0 Å². The summed E-state index contributed by atoms with van der Waals surface area (Å²) in [6, 6.07) is 7.32. The maximum Gasteiger partial charge on any atom is 0.168 e. The summed E-state index contributed by atoms with van der Waals surface area (Å²) in [5.74, 6) is 0.683. The lowest BCUT2D eigenvalue weighted by Crippen LogP contribution is -2.48. The van der Waals surface area contributed by atoms with Gasteiger partial charge in [0.05, 0.1) is 12.2 Å². The number of carbonyl (C=O) groups is 1. The molecule has 0 aromatic heterocycles. The molecule has 0 unspecified atom stereocenters. The number of para-hydroxylation sites is 1. The van der Waals surface area contributed by atoms with Gasteiger partial charge in [-0.2, -0.15) is 0 Å². The van der Waals surface area contributed by atoms with Crippen LogP contribution in [0, 0.1) is 0 Å². The normalized spacial score (nSPS) is 16.7. The summed E-state index contributed by atoms with van der Waals surface area (Å²) in [5, 5.41) is 0. The summed E-state index contributed by atoms with van der Waals surface area (Å²) in [5.41, 5.74) is 6.46. The summed E-state index contributed by atoms with van der Waals surface area (Å²) in [4.78, 5) is 12.3. The largest absolute Gasteiger partial charge is 0.490 e. The first kappa shape index (κ1) is 14.0. The van der Waals surface area contributed by atoms with Crippen LogP contribution in [0.2, 0.25) is 0 Å². The van der Waals surface area contributed by atoms with Crippen LogP contribution in [-0.2, 0) is 4.74 Å². The third kappa shape index (κ3) is 3.55. The van der Waals surface area contributed by atoms with Gasteiger partial charge in [0, 0.05) is 19.1 Å². The van der Waals surface area contributed by atoms with Gasteiger partial charge in [0.15, 0.2) is 5.78 Å². The first-order valence-electron chi connectivity index (χ1n) is 6.67. The molecular formula is C15H21NO3. The van der Waals surface area contributed by atoms with E-state index in [-0.39, 0.29) is 11.3 Å². The molecule has 1 aromatic rings. The number of methoxy groups -OCH3 is 1. The van der Waals surface area contributed by atoms with Crippen LogP contribution in [0.5, 0.6) is 5.75 Å². The number of nitrogens with two attached hydrogens (primary N) is 1. The Morgan fingerprint density at radius 2 is 2.05 bits per heavy atom. The van der Waals surface area contributed by atoms with Crippen molar-refractivity contribution in [1.29, 1.82) is 0 Å². The quantitative estimate of drug-likeness (QED) is 0.605. The maximum absolute atomic E-state index is 12.3. The molecule has 0 heterocycles. The lowest BCUT2D eigenvalue weighted by molar-refractivity contribution is 0.0905. The molecule has 0 bridgehead atoms. The minimum absolute atomic E-state index is 0.0650. The highest BCUT2D eigenvalue weighted by Crippen LogP contribution is 2.34. The highest BCUT2D eigenvalue weighted by atomic mass is 16.5. The number of benzene rings is 1. The molecule has 0 amide bonds. The molecule has 2 N–H and O–H groups in total. The van der Waals surface area contributed by atoms with E-state index in [1.54, 1.807) is 13.2 Å². The van der Waals surface area contributed by atoms with Gasteiger partial charge in [0.2, 0.25) is 0 Å². The fraction of sp³-hybridized carbons (Fsp3) is 0.533. The van der Waals surface area contributed by atoms with Gasteiger partial charge in [-0.3, -0.25) is 4.79 Å². The van der Waals surface area contributed by atoms with E-state index in [2.05, 4.69) is 0 Å². The van der Waals surface area contributed by atoms with Crippen molar-refractivity contribution in [2.75, 3.05) is 20.3 Å². The summed E-state index contributed by atoms with van der Waals surface area (Å²) < 4.78 is 10.5. The Morgan fingerprint density at radius 3 is 2.68 bits per heavy atom. The molecule has 2 rings (SSSR count). The number of Topliss-reactive ketones (excluding diaryl/α,β-unsaturated/α-hetero) is 1. The Balaban J connectivity index is 2.03. The minimum Gasteiger partial charge on any atom is -0.490 e. The SMILES string of the molecule is COCCOc1ccccc1C(=O)CC1(N)CCC1. The molecule has 1 fully saturated rings. The Bertz CT molecular complexity index is 441. The number of rotatable bonds is 7. The second kappa shape index (κ2) is 6.17. The summed E-state index contributed by atoms with van der Waals surface area (Å²) in [6.45, 7) is 0.942. The smallest absolute Gasteiger partial charge is 0.168 e. The molecule has 4 nitrogen and oxygen atoms in total. The fourth-order valence-electron chi connectivity index (χ4n) is 2.28. The Kier molecular flexibility index (Phi) is 4.56. The van der Waals surface area contributed by atoms with E-state index in [0.29, 0.717) is 30.9 Å². The molecule has 4 heteroatoms. The van der Waals surface area contributed by atoms with Crippen LogP contribution in [0.25, 0.3) is 0 Å². The molecule has 0 aliphatic heterocycles. The van der Waals surface area contributed by atoms with Gasteiger partial charge in [-0.25, -0.2) is 0 Å². The summed E-state index contributed by atoms with van der Waals surface area (Å²) >= 11 is 0. The summed E-state index contributed by atoms with van der Waals surface area (Å²) in [6.07, 6.45) is 3.39. The molecule has 1 aliphatic rings. The topological polar surface area (TPSA) is 61.5 Å². The number of ether oxygens (including phenoxy) is 2. The maximum atomic E-state index is 12.3. The molecular weight excluding hydrogens is 242 g/mol. The summed E-state index contributed by atoms with van der Waals surface area (Å²) in [7, 11) is 1.62. The van der Waals surface area contributed by atoms with Crippen molar-refractivity contribution in [3.63, 3.8) is 0 Å². The number of ketones is 1. The fourth-order valence-corrected chi connectivity index (χ4v) is 2.28. The van der Waals surface area contributed by atoms with Crippen LogP contribution in [-0.4, -0.2) is 31.6 Å². The minimum atomic E-state index is -0.295. The van der Waals surface area contributed by atoms with Gasteiger partial charge >= 0.3 is 0 Å². The van der Waals surface area contributed by atoms with Crippen LogP contribution in [0.3, 0.4) is 0 Å². The van der Waals surface area contributed by atoms with Gasteiger partial charge in [-0.15, -0.1) is 0 Å². The zero-order valence-electron chi connectivity index (χ0n) is 11.4. The molecule has 0 spiro atoms. The van der Waals surface area contributed by atoms with Gasteiger partial charge in [0.25, 0.3) is 0 Å². The lowest BCUT2D eigenvalue weighted by atomic mass is 9.74. The second-order valence-electron chi connectivity index (χ2n) is 5.15. The Labute approximate surface area is 113 Å². The van der Waals surface area contributed by atoms with Crippen molar-refractivity contribution in [1.82, 2.24) is 0 Å². The van der Waals surface area contributed by atoms with Crippen molar-refractivity contribution in [2.24, 2.45) is 5.73 Å². The molecule has 1 aromatic carbocycles. The van der Waals surface area contributed by atoms with Crippen LogP contribution in [0.4, 0.5) is 0 Å². The Morgan fingerprint density at radius 1 is 1.32 bits per heavy atom. The van der Waals surface area contributed by atoms with E-state index in [1.165, 1.54) is 0 Å². The molecule has 0 atom stereocenters. The number of hydrogen-bond acceptors (Lipinski definition) is 4. The predicted molar refractivity (Wildman–Crippen MR) is 73.5 cm³/mol. The van der Waals surface area contributed by atoms with Crippen LogP contribution in [0.15, 0.2) is 24.3 Å². The average molecular weight is 263 g/mol. The van der Waals surface area contributed by atoms with E-state index in [1.807, 2.05) is 18.2 Å². The second-order valence-corrected chi connectivity index (χ2v) is 5.15. The highest BCUT2D eigenvalue weighted by molar-refractivity contribution is 5.99. The predicted octanol–water partition coefficient (Wildman–Crippen LogP) is 2.17. The van der Waals surface area contributed by atoms with E-state index in [4.69, 9.17) is 15.2 Å². The highest BCUT2D eigenvalue weighted by Gasteiger charge is 2.35. The van der Waals surface area contributed by atoms with Crippen molar-refractivity contribution in [3.8, 4) is 5.75 Å². The Hall–Kier alpha value is -1.39. The van der Waals surface area contributed by atoms with E-state index < -0.39 is 0 Å². The zero-order valence-corrected chi connectivity index (χ0v) is 11.4. The van der Waals surface area contributed by atoms with E-state index in [0.717, 1.165) is 19.3 Å². The van der Waals surface area contributed by atoms with Gasteiger partial charge in [-0.05, 0) is 31.4 Å². The van der Waals surface area contributed by atoms with E-state index in [9.17, 15) is 4.79 Å². The molecule has 19 heavy (non-hydrogen) atoms. The van der Waals surface area contributed by atoms with Crippen LogP contribution < -0.4 is 10.5 Å². The number of hydrogen-bond donors (Lipinski definition) is 1. The van der Waals surface area contributed by atoms with Crippen molar-refractivity contribution in [2.45, 2.75) is 31.2 Å². The zero-order chi connectivity index (χ0) is 13.7. The van der Waals surface area contributed by atoms with Gasteiger partial charge in [-0.1, -0.05) is 12.1 Å². The molecule has 1 saturated carbocycles. The standard InChI is InChI=1S/C15H21NO3/c1-18-9-10-19-14-6-3-2-5-12(14)13(17)11-15(16)7-4-8-15/h2-3,5-6H,4,7-11,16H2,1H3. The first-order valence-corrected chi connectivity index (χ1v) is 6.67. The van der Waals surface area contributed by atoms with Crippen LogP contribution >= 0.6 is 0 Å². The van der Waals surface area contributed by atoms with Crippen LogP contribution in [0.1, 0.15) is 36.0 Å². The molecule has 0 saturated heterocycles. The van der Waals surface area contributed by atoms with Crippen molar-refractivity contribution in [3.05, 3.63) is 29.8 Å². The molecule has 1 aliphatic carbocycles. The van der Waals surface area contributed by atoms with Crippen molar-refractivity contribution < 1.29 is 14.3 Å². The first-order chi connectivity index (χ1) is 9.14. The lowest BCUT2D eigenvalue weighted by Gasteiger charge is -2.37. The monoisotopic (exact) mass is 263 g/mol. The third-order valence-corrected chi connectivity index (χ3v) is 3.59. The van der Waals surface area contributed by atoms with Crippen molar-refractivity contribution >= 4 is 5.78 Å². The average Bonchev–Trinajstić information content (AvgIpc) is 2.37. The number of carbonyl (C=O) groups excluding carboxylic acids is 1.